The van der Waals surface area contributed by atoms with Crippen LogP contribution < -0.4 is 20.4 Å². The third kappa shape index (κ3) is 7.31. The van der Waals surface area contributed by atoms with E-state index in [1.807, 2.05) is 48.5 Å². The lowest BCUT2D eigenvalue weighted by Gasteiger charge is -2.36. The van der Waals surface area contributed by atoms with Gasteiger partial charge in [-0.3, -0.25) is 39.1 Å². The van der Waals surface area contributed by atoms with Crippen LogP contribution in [-0.4, -0.2) is 84.1 Å². The third-order valence-electron chi connectivity index (χ3n) is 12.2. The molecule has 2 saturated heterocycles. The van der Waals surface area contributed by atoms with E-state index in [9.17, 15) is 29.2 Å². The van der Waals surface area contributed by atoms with Crippen molar-refractivity contribution in [1.82, 2.24) is 20.4 Å². The van der Waals surface area contributed by atoms with Gasteiger partial charge in [-0.15, -0.1) is 0 Å². The van der Waals surface area contributed by atoms with Gasteiger partial charge in [-0.25, -0.2) is 0 Å². The molecule has 1 atom stereocenters. The Balaban J connectivity index is 0.784. The Morgan fingerprint density at radius 1 is 0.891 bits per heavy atom. The molecule has 0 bridgehead atoms. The number of fused-ring (bicyclic) bond motifs is 2. The second-order valence-corrected chi connectivity index (χ2v) is 16.0. The van der Waals surface area contributed by atoms with E-state index in [0.717, 1.165) is 85.6 Å². The Bertz CT molecular complexity index is 2050. The van der Waals surface area contributed by atoms with Gasteiger partial charge in [0.25, 0.3) is 17.7 Å². The number of anilines is 2. The average Bonchev–Trinajstić information content (AvgIpc) is 3.69. The zero-order valence-corrected chi connectivity index (χ0v) is 31.6. The smallest absolute Gasteiger partial charge is 0.262 e. The van der Waals surface area contributed by atoms with Gasteiger partial charge in [0.2, 0.25) is 11.8 Å². The van der Waals surface area contributed by atoms with Crippen LogP contribution in [0, 0.1) is 17.2 Å². The highest BCUT2D eigenvalue weighted by molar-refractivity contribution is 6.32. The summed E-state index contributed by atoms with van der Waals surface area (Å²) in [5, 5.41) is 15.1. The van der Waals surface area contributed by atoms with E-state index < -0.39 is 23.8 Å². The van der Waals surface area contributed by atoms with Gasteiger partial charge in [-0.05, 0) is 117 Å². The minimum absolute atomic E-state index is 0.0434. The molecule has 0 aromatic heterocycles. The summed E-state index contributed by atoms with van der Waals surface area (Å²) in [6, 6.07) is 18.7. The van der Waals surface area contributed by atoms with Gasteiger partial charge in [0.1, 0.15) is 12.1 Å². The highest BCUT2D eigenvalue weighted by atomic mass is 35.5. The van der Waals surface area contributed by atoms with Crippen LogP contribution in [0.5, 0.6) is 0 Å². The topological polar surface area (TPSA) is 146 Å². The fourth-order valence-corrected chi connectivity index (χ4v) is 9.25. The molecule has 4 heterocycles. The van der Waals surface area contributed by atoms with E-state index in [4.69, 9.17) is 11.6 Å². The van der Waals surface area contributed by atoms with E-state index in [1.54, 1.807) is 6.07 Å². The van der Waals surface area contributed by atoms with Crippen LogP contribution in [0.2, 0.25) is 5.02 Å². The molecule has 3 fully saturated rings. The molecule has 0 spiro atoms. The highest BCUT2D eigenvalue weighted by Gasteiger charge is 2.45. The number of hydrogen-bond acceptors (Lipinski definition) is 9. The van der Waals surface area contributed by atoms with Gasteiger partial charge in [0.05, 0.1) is 21.7 Å². The van der Waals surface area contributed by atoms with Crippen molar-refractivity contribution >= 4 is 52.5 Å². The number of rotatable bonds is 8. The predicted molar refractivity (Wildman–Crippen MR) is 207 cm³/mol. The largest absolute Gasteiger partial charge is 0.372 e. The molecule has 0 radical (unpaired) electrons. The van der Waals surface area contributed by atoms with Crippen LogP contribution in [0.15, 0.2) is 54.6 Å². The fourth-order valence-electron chi connectivity index (χ4n) is 9.03. The Labute approximate surface area is 325 Å². The number of carbonyl (C=O) groups excluding carboxylic acids is 5. The number of nitrogens with zero attached hydrogens (tertiary/aromatic N) is 5. The Morgan fingerprint density at radius 3 is 2.15 bits per heavy atom. The first-order valence-electron chi connectivity index (χ1n) is 19.2. The molecule has 284 valence electrons. The van der Waals surface area contributed by atoms with Crippen molar-refractivity contribution in [3.05, 3.63) is 93.0 Å². The molecule has 1 aliphatic carbocycles. The first kappa shape index (κ1) is 36.7. The summed E-state index contributed by atoms with van der Waals surface area (Å²) < 4.78 is 0. The van der Waals surface area contributed by atoms with Gasteiger partial charge >= 0.3 is 0 Å². The van der Waals surface area contributed by atoms with Crippen molar-refractivity contribution in [2.45, 2.75) is 82.6 Å². The lowest BCUT2D eigenvalue weighted by molar-refractivity contribution is -0.136. The number of amides is 5. The van der Waals surface area contributed by atoms with Gasteiger partial charge in [-0.2, -0.15) is 5.26 Å². The molecule has 55 heavy (non-hydrogen) atoms. The van der Waals surface area contributed by atoms with E-state index >= 15 is 0 Å². The maximum Gasteiger partial charge on any atom is 0.262 e. The molecule has 5 amide bonds. The lowest BCUT2D eigenvalue weighted by Crippen LogP contribution is -2.54. The zero-order chi connectivity index (χ0) is 38.4. The number of benzene rings is 3. The second-order valence-electron chi connectivity index (χ2n) is 15.6. The summed E-state index contributed by atoms with van der Waals surface area (Å²) in [5.41, 5.74) is 6.00. The average molecular weight is 762 g/mol. The molecule has 4 aliphatic heterocycles. The number of imide groups is 2. The van der Waals surface area contributed by atoms with Crippen molar-refractivity contribution in [2.24, 2.45) is 5.92 Å². The van der Waals surface area contributed by atoms with Crippen LogP contribution in [-0.2, 0) is 22.7 Å². The van der Waals surface area contributed by atoms with Crippen LogP contribution in [0.4, 0.5) is 11.4 Å². The molecule has 13 heteroatoms. The number of nitriles is 1. The monoisotopic (exact) mass is 761 g/mol. The van der Waals surface area contributed by atoms with E-state index in [0.29, 0.717) is 52.3 Å². The van der Waals surface area contributed by atoms with Gasteiger partial charge in [-0.1, -0.05) is 11.6 Å². The Kier molecular flexibility index (Phi) is 10.1. The number of piperidine rings is 2. The summed E-state index contributed by atoms with van der Waals surface area (Å²) in [4.78, 5) is 71.8. The number of halogens is 1. The summed E-state index contributed by atoms with van der Waals surface area (Å²) in [6.45, 7) is 4.20. The fraction of sp³-hybridized carbons (Fsp3) is 0.429. The van der Waals surface area contributed by atoms with Crippen molar-refractivity contribution in [3.63, 3.8) is 0 Å². The molecule has 3 aromatic carbocycles. The van der Waals surface area contributed by atoms with Crippen LogP contribution >= 0.6 is 11.6 Å². The first-order chi connectivity index (χ1) is 26.6. The number of nitrogens with one attached hydrogen (secondary N) is 2. The van der Waals surface area contributed by atoms with Crippen molar-refractivity contribution in [2.75, 3.05) is 36.5 Å². The Morgan fingerprint density at radius 2 is 1.55 bits per heavy atom. The van der Waals surface area contributed by atoms with Crippen molar-refractivity contribution < 1.29 is 24.0 Å². The van der Waals surface area contributed by atoms with Crippen molar-refractivity contribution in [3.8, 4) is 6.07 Å². The molecule has 5 aliphatic rings. The van der Waals surface area contributed by atoms with E-state index in [2.05, 4.69) is 38.5 Å². The molecule has 0 unspecified atom stereocenters. The van der Waals surface area contributed by atoms with Gasteiger partial charge in [0.15, 0.2) is 0 Å². The Hall–Kier alpha value is -5.25. The van der Waals surface area contributed by atoms with Crippen LogP contribution in [0.3, 0.4) is 0 Å². The summed E-state index contributed by atoms with van der Waals surface area (Å²) in [6.07, 6.45) is 6.03. The molecular formula is C42H44ClN7O5. The minimum atomic E-state index is -0.960. The molecule has 12 nitrogen and oxygen atoms in total. The van der Waals surface area contributed by atoms with E-state index in [-0.39, 0.29) is 30.7 Å². The lowest BCUT2D eigenvalue weighted by atomic mass is 9.90. The molecular weight excluding hydrogens is 718 g/mol. The second kappa shape index (κ2) is 15.1. The molecule has 3 aromatic rings. The highest BCUT2D eigenvalue weighted by Crippen LogP contribution is 2.35. The predicted octanol–water partition coefficient (Wildman–Crippen LogP) is 5.02. The molecule has 2 N–H and O–H groups in total. The quantitative estimate of drug-likeness (QED) is 0.302. The summed E-state index contributed by atoms with van der Waals surface area (Å²) >= 11 is 6.27. The minimum Gasteiger partial charge on any atom is -0.372 e. The standard InChI is InChI=1S/C42H44ClN7O5/c1-47(33-9-4-27(21-44)36(43)20-33)31-10-5-30(6-11-31)45-39(52)26-2-7-32(8-3-26)49-16-14-25(15-17-49)22-48-23-28-18-34-35(19-29(28)24-48)42(55)50(41(34)54)37-12-13-38(51)46-40(37)53/h2-4,7-9,18-20,25,30-31,37H,5-6,10-17,22-24H2,1H3,(H,45,52)(H,46,51,53)/t30?,31?,37-/m0/s1. The SMILES string of the molecule is CN(c1ccc(C#N)c(Cl)c1)C1CCC(NC(=O)c2ccc(N3CCC(CN4Cc5cc6c(cc5C4)C(=O)N([C@H]4CCC(=O)NC4=O)C6=O)CC3)cc2)CC1. The summed E-state index contributed by atoms with van der Waals surface area (Å²) in [7, 11) is 2.06. The number of carbonyl (C=O) groups is 5. The van der Waals surface area contributed by atoms with Crippen LogP contribution in [0.1, 0.15) is 99.1 Å². The first-order valence-corrected chi connectivity index (χ1v) is 19.6. The molecule has 1 saturated carbocycles. The van der Waals surface area contributed by atoms with E-state index in [1.165, 1.54) is 0 Å². The van der Waals surface area contributed by atoms with Gasteiger partial charge < -0.3 is 15.1 Å². The zero-order valence-electron chi connectivity index (χ0n) is 30.9. The normalized spacial score (nSPS) is 23.0. The number of hydrogen-bond donors (Lipinski definition) is 2. The third-order valence-corrected chi connectivity index (χ3v) is 12.5. The maximum atomic E-state index is 13.3. The van der Waals surface area contributed by atoms with Crippen LogP contribution in [0.25, 0.3) is 0 Å². The summed E-state index contributed by atoms with van der Waals surface area (Å²) in [5.74, 6) is -1.44. The maximum absolute atomic E-state index is 13.3. The molecule has 8 rings (SSSR count). The van der Waals surface area contributed by atoms with Gasteiger partial charge in [0, 0.05) is 75.2 Å². The van der Waals surface area contributed by atoms with Crippen molar-refractivity contribution in [1.29, 1.82) is 5.26 Å².